The van der Waals surface area contributed by atoms with Crippen LogP contribution in [0.25, 0.3) is 16.5 Å². The lowest BCUT2D eigenvalue weighted by molar-refractivity contribution is -0.142. The molecule has 3 atom stereocenters. The van der Waals surface area contributed by atoms with Crippen LogP contribution >= 0.6 is 23.5 Å². The van der Waals surface area contributed by atoms with E-state index < -0.39 is 71.3 Å². The first-order valence-electron chi connectivity index (χ1n) is 25.3. The van der Waals surface area contributed by atoms with Crippen molar-refractivity contribution in [1.82, 2.24) is 40.5 Å². The molecule has 0 aliphatic carbocycles. The number of hydrogen-bond donors (Lipinski definition) is 7. The third-order valence-electron chi connectivity index (χ3n) is 12.5. The topological polar surface area (TPSA) is 259 Å². The van der Waals surface area contributed by atoms with Gasteiger partial charge in [0, 0.05) is 73.5 Å². The molecule has 20 nitrogen and oxygen atoms in total. The summed E-state index contributed by atoms with van der Waals surface area (Å²) in [6.45, 7) is 11.0. The molecule has 7 N–H and O–H groups in total. The van der Waals surface area contributed by atoms with Gasteiger partial charge in [-0.05, 0) is 120 Å². The first kappa shape index (κ1) is 59.0. The Morgan fingerprint density at radius 3 is 2.14 bits per heavy atom. The molecule has 6 rings (SSSR count). The van der Waals surface area contributed by atoms with Crippen LogP contribution in [0.4, 0.5) is 14.4 Å². The maximum atomic E-state index is 15.2. The second-order valence-corrected chi connectivity index (χ2v) is 22.0. The molecule has 22 heteroatoms. The van der Waals surface area contributed by atoms with Gasteiger partial charge in [-0.1, -0.05) is 60.3 Å². The van der Waals surface area contributed by atoms with Crippen molar-refractivity contribution in [3.63, 3.8) is 0 Å². The fraction of sp³-hybridized carbons (Fsp3) is 0.436. The van der Waals surface area contributed by atoms with Gasteiger partial charge in [0.1, 0.15) is 34.6 Å². The number of aromatic hydroxyl groups is 1. The molecule has 3 aromatic carbocycles. The van der Waals surface area contributed by atoms with Crippen molar-refractivity contribution < 1.29 is 58.0 Å². The number of carbonyl (C=O) groups excluding carboxylic acids is 6. The minimum Gasteiger partial charge on any atom is -0.507 e. The molecule has 0 bridgehead atoms. The summed E-state index contributed by atoms with van der Waals surface area (Å²) < 4.78 is 18.2. The van der Waals surface area contributed by atoms with Gasteiger partial charge in [-0.2, -0.15) is 0 Å². The highest BCUT2D eigenvalue weighted by molar-refractivity contribution is 8.03. The van der Waals surface area contributed by atoms with E-state index in [4.69, 9.17) is 26.0 Å². The molecular weight excluding hydrogens is 1030 g/mol. The number of esters is 1. The summed E-state index contributed by atoms with van der Waals surface area (Å²) >= 11 is 8.39. The number of phenolic OH excluding ortho intramolecular Hbond substituents is 1. The van der Waals surface area contributed by atoms with Gasteiger partial charge in [0.2, 0.25) is 17.7 Å². The monoisotopic (exact) mass is 1100 g/mol. The molecular formula is C55H69ClN8O12S. The number of hydrogen-bond acceptors (Lipinski definition) is 14. The Bertz CT molecular complexity index is 2910. The lowest BCUT2D eigenvalue weighted by Crippen LogP contribution is -2.57. The van der Waals surface area contributed by atoms with Crippen molar-refractivity contribution in [2.24, 2.45) is 0 Å². The molecule has 0 radical (unpaired) electrons. The van der Waals surface area contributed by atoms with Gasteiger partial charge in [0.05, 0.1) is 30.2 Å². The van der Waals surface area contributed by atoms with E-state index in [2.05, 4.69) is 26.6 Å². The van der Waals surface area contributed by atoms with E-state index in [1.807, 2.05) is 30.3 Å². The van der Waals surface area contributed by atoms with E-state index >= 15 is 9.59 Å². The highest BCUT2D eigenvalue weighted by Gasteiger charge is 2.36. The number of amides is 5. The standard InChI is InChI=1S/C55H69ClN8O12S/c1-54(2,3)75-51(70)57-25-14-13-18-41-48(68)62(7)43(28-35-32-63(53(72)73)42-20-11-10-17-37(35)42)47(67)60-31-39-36(33-22-23-38(44(65)29-33)50(69)74-8)24-27-64(56)49(39)77-45-21-12-9-16-34(45)30-59-40(46(66)61-41)19-15-26-58-52(71)76-55(4,5)6/h9-12,16-17,20-24,29,32,40-41,43,59,65H,13-15,18-19,25-28,30-31H2,1-8H3,(H,57,70)(H,58,71)(H,60,67)(H,61,66)(H,72,73)/t40-,41-,43-/m0/s1. The van der Waals surface area contributed by atoms with Gasteiger partial charge < -0.3 is 55.9 Å². The number of nitrogens with one attached hydrogen (secondary N) is 5. The lowest BCUT2D eigenvalue weighted by atomic mass is 9.94. The maximum absolute atomic E-state index is 15.2. The van der Waals surface area contributed by atoms with E-state index in [1.165, 1.54) is 53.6 Å². The predicted octanol–water partition coefficient (Wildman–Crippen LogP) is 7.66. The molecule has 77 heavy (non-hydrogen) atoms. The number of rotatable bonds is 13. The lowest BCUT2D eigenvalue weighted by Gasteiger charge is -2.32. The number of nitrogens with zero attached hydrogens (tertiary/aromatic N) is 3. The van der Waals surface area contributed by atoms with Crippen molar-refractivity contribution in [3.8, 4) is 5.75 Å². The van der Waals surface area contributed by atoms with Crippen LogP contribution in [0.1, 0.15) is 101 Å². The number of thioether (sulfide) groups is 1. The number of phenols is 1. The van der Waals surface area contributed by atoms with Crippen LogP contribution in [0, 0.1) is 0 Å². The Morgan fingerprint density at radius 2 is 1.48 bits per heavy atom. The molecule has 5 amide bonds. The zero-order valence-corrected chi connectivity index (χ0v) is 46.2. The van der Waals surface area contributed by atoms with Gasteiger partial charge in [-0.25, -0.2) is 19.2 Å². The summed E-state index contributed by atoms with van der Waals surface area (Å²) in [5, 5.41) is 37.3. The predicted molar refractivity (Wildman–Crippen MR) is 292 cm³/mol. The molecule has 0 fully saturated rings. The first-order chi connectivity index (χ1) is 36.4. The summed E-state index contributed by atoms with van der Waals surface area (Å²) in [6, 6.07) is 15.4. The fourth-order valence-electron chi connectivity index (χ4n) is 8.80. The molecule has 0 unspecified atom stereocenters. The summed E-state index contributed by atoms with van der Waals surface area (Å²) in [5.74, 6) is -2.86. The molecule has 1 aromatic heterocycles. The number of carboxylic acid groups (broad SMARTS) is 1. The number of benzene rings is 3. The Hall–Kier alpha value is -7.23. The largest absolute Gasteiger partial charge is 0.507 e. The third kappa shape index (κ3) is 16.2. The number of halogens is 1. The summed E-state index contributed by atoms with van der Waals surface area (Å²) in [5.41, 5.74) is 1.66. The van der Waals surface area contributed by atoms with Crippen molar-refractivity contribution in [1.29, 1.82) is 0 Å². The van der Waals surface area contributed by atoms with E-state index in [9.17, 15) is 34.2 Å². The molecule has 0 saturated carbocycles. The second-order valence-electron chi connectivity index (χ2n) is 20.6. The van der Waals surface area contributed by atoms with Gasteiger partial charge in [0.25, 0.3) is 0 Å². The smallest absolute Gasteiger partial charge is 0.416 e. The summed E-state index contributed by atoms with van der Waals surface area (Å²) in [7, 11) is 2.66. The Morgan fingerprint density at radius 1 is 0.831 bits per heavy atom. The van der Waals surface area contributed by atoms with Gasteiger partial charge in [-0.15, -0.1) is 0 Å². The van der Waals surface area contributed by atoms with Crippen LogP contribution in [-0.2, 0) is 41.6 Å². The summed E-state index contributed by atoms with van der Waals surface area (Å²) in [4.78, 5) is 97.3. The average Bonchev–Trinajstić information content (AvgIpc) is 3.76. The van der Waals surface area contributed by atoms with Crippen molar-refractivity contribution in [2.75, 3.05) is 40.3 Å². The average molecular weight is 1100 g/mol. The number of ether oxygens (including phenoxy) is 3. The van der Waals surface area contributed by atoms with Crippen LogP contribution in [0.2, 0.25) is 0 Å². The number of para-hydroxylation sites is 1. The van der Waals surface area contributed by atoms with Crippen LogP contribution in [-0.4, -0.2) is 136 Å². The molecule has 2 aliphatic heterocycles. The van der Waals surface area contributed by atoms with Gasteiger partial charge >= 0.3 is 24.2 Å². The number of methoxy groups -OCH3 is 1. The molecule has 0 saturated heterocycles. The van der Waals surface area contributed by atoms with E-state index in [-0.39, 0.29) is 63.3 Å². The van der Waals surface area contributed by atoms with E-state index in [0.29, 0.717) is 57.5 Å². The Balaban J connectivity index is 1.44. The number of fused-ring (bicyclic) bond motifs is 2. The number of aromatic nitrogens is 1. The third-order valence-corrected chi connectivity index (χ3v) is 14.2. The van der Waals surface area contributed by atoms with Crippen LogP contribution in [0.5, 0.6) is 5.75 Å². The molecule has 3 heterocycles. The number of unbranched alkanes of at least 4 members (excludes halogenated alkanes) is 1. The van der Waals surface area contributed by atoms with Crippen molar-refractivity contribution in [2.45, 2.75) is 121 Å². The van der Waals surface area contributed by atoms with Crippen molar-refractivity contribution in [3.05, 3.63) is 112 Å². The number of alkyl carbamates (subject to hydrolysis) is 2. The zero-order chi connectivity index (χ0) is 56.2. The van der Waals surface area contributed by atoms with E-state index in [1.54, 1.807) is 71.9 Å². The molecule has 2 aliphatic rings. The molecule has 0 spiro atoms. The van der Waals surface area contributed by atoms with Crippen LogP contribution in [0.15, 0.2) is 94.5 Å². The molecule has 4 aromatic rings. The quantitative estimate of drug-likeness (QED) is 0.0293. The van der Waals surface area contributed by atoms with Crippen LogP contribution < -0.4 is 26.6 Å². The summed E-state index contributed by atoms with van der Waals surface area (Å²) in [6.07, 6.45) is 1.93. The van der Waals surface area contributed by atoms with E-state index in [0.717, 1.165) is 15.0 Å². The molecule has 414 valence electrons. The highest BCUT2D eigenvalue weighted by Crippen LogP contribution is 2.42. The second kappa shape index (κ2) is 26.2. The number of carbonyl (C=O) groups is 7. The van der Waals surface area contributed by atoms with Gasteiger partial charge in [0.15, 0.2) is 0 Å². The maximum Gasteiger partial charge on any atom is 0.416 e. The highest BCUT2D eigenvalue weighted by atomic mass is 35.5. The minimum atomic E-state index is -1.31. The fourth-order valence-corrected chi connectivity index (χ4v) is 10.2. The number of likely N-dealkylation sites (N-methyl/N-ethyl adjacent to an activating group) is 1. The SMILES string of the molecule is COC(=O)c1ccc(C2=CCN(Cl)C3=C2CNC(=O)[C@H](Cc2cn(C(=O)O)c4ccccc24)N(C)C(=O)[C@H](CCCCNC(=O)OC(C)(C)C)NC(=O)[C@H](CCCNC(=O)OC(C)(C)C)NCc2ccccc2S3)cc1O. The van der Waals surface area contributed by atoms with Gasteiger partial charge in [-0.3, -0.25) is 23.4 Å². The normalized spacial score (nSPS) is 18.0. The van der Waals surface area contributed by atoms with Crippen molar-refractivity contribution >= 4 is 82.0 Å². The van der Waals surface area contributed by atoms with Crippen LogP contribution in [0.3, 0.4) is 0 Å². The minimum absolute atomic E-state index is 0.0556. The zero-order valence-electron chi connectivity index (χ0n) is 44.6. The Kier molecular flexibility index (Phi) is 20.1. The Labute approximate surface area is 457 Å². The first-order valence-corrected chi connectivity index (χ1v) is 26.5.